The minimum atomic E-state index is -0.153. The lowest BCUT2D eigenvalue weighted by Gasteiger charge is -2.29. The quantitative estimate of drug-likeness (QED) is 0.837. The zero-order valence-corrected chi connectivity index (χ0v) is 13.0. The van der Waals surface area contributed by atoms with Gasteiger partial charge in [-0.05, 0) is 54.3 Å². The van der Waals surface area contributed by atoms with E-state index in [0.29, 0.717) is 18.1 Å². The molecule has 0 saturated heterocycles. The molecule has 0 fully saturated rings. The van der Waals surface area contributed by atoms with Crippen LogP contribution in [0.25, 0.3) is 0 Å². The van der Waals surface area contributed by atoms with Gasteiger partial charge < -0.3 is 15.3 Å². The van der Waals surface area contributed by atoms with Gasteiger partial charge in [0.15, 0.2) is 0 Å². The number of fused-ring (bicyclic) bond motifs is 1. The predicted octanol–water partition coefficient (Wildman–Crippen LogP) is 3.94. The maximum Gasteiger partial charge on any atom is 0.322 e. The molecule has 22 heavy (non-hydrogen) atoms. The number of phenolic OH excluding ortho intramolecular Hbond substituents is 1. The van der Waals surface area contributed by atoms with Crippen LogP contribution in [0.2, 0.25) is 5.02 Å². The maximum absolute atomic E-state index is 12.4. The van der Waals surface area contributed by atoms with E-state index in [1.54, 1.807) is 23.1 Å². The Morgan fingerprint density at radius 2 is 2.09 bits per heavy atom. The van der Waals surface area contributed by atoms with Crippen molar-refractivity contribution in [2.45, 2.75) is 19.9 Å². The summed E-state index contributed by atoms with van der Waals surface area (Å²) in [6.45, 7) is 3.03. The molecule has 114 valence electrons. The summed E-state index contributed by atoms with van der Waals surface area (Å²) in [4.78, 5) is 14.2. The zero-order chi connectivity index (χ0) is 15.7. The first kappa shape index (κ1) is 14.7. The molecule has 4 nitrogen and oxygen atoms in total. The third kappa shape index (κ3) is 2.88. The Balaban J connectivity index is 1.75. The second kappa shape index (κ2) is 5.89. The van der Waals surface area contributed by atoms with E-state index in [4.69, 9.17) is 11.6 Å². The number of nitrogens with one attached hydrogen (secondary N) is 1. The van der Waals surface area contributed by atoms with Crippen LogP contribution < -0.4 is 5.32 Å². The molecule has 2 aromatic rings. The minimum Gasteiger partial charge on any atom is -0.508 e. The fourth-order valence-electron chi connectivity index (χ4n) is 2.65. The van der Waals surface area contributed by atoms with Crippen molar-refractivity contribution in [2.75, 3.05) is 11.9 Å². The average molecular weight is 317 g/mol. The molecule has 5 heteroatoms. The average Bonchev–Trinajstić information content (AvgIpc) is 2.51. The first-order valence-electron chi connectivity index (χ1n) is 7.16. The molecule has 2 amide bonds. The lowest BCUT2D eigenvalue weighted by Crippen LogP contribution is -2.39. The van der Waals surface area contributed by atoms with Gasteiger partial charge in [0.25, 0.3) is 0 Å². The Bertz CT molecular complexity index is 731. The third-order valence-electron chi connectivity index (χ3n) is 4.00. The molecule has 0 atom stereocenters. The Kier molecular flexibility index (Phi) is 3.94. The Labute approximate surface area is 134 Å². The van der Waals surface area contributed by atoms with Crippen molar-refractivity contribution in [3.05, 3.63) is 58.1 Å². The van der Waals surface area contributed by atoms with Gasteiger partial charge in [0, 0.05) is 23.8 Å². The lowest BCUT2D eigenvalue weighted by atomic mass is 10.00. The van der Waals surface area contributed by atoms with Crippen LogP contribution in [0.3, 0.4) is 0 Å². The molecule has 3 rings (SSSR count). The number of urea groups is 1. The van der Waals surface area contributed by atoms with Crippen LogP contribution in [0.5, 0.6) is 5.75 Å². The normalized spacial score (nSPS) is 13.6. The summed E-state index contributed by atoms with van der Waals surface area (Å²) in [7, 11) is 0. The zero-order valence-electron chi connectivity index (χ0n) is 12.3. The molecule has 0 unspecified atom stereocenters. The summed E-state index contributed by atoms with van der Waals surface area (Å²) < 4.78 is 0. The van der Waals surface area contributed by atoms with E-state index < -0.39 is 0 Å². The molecule has 1 heterocycles. The molecule has 2 N–H and O–H groups in total. The van der Waals surface area contributed by atoms with Crippen LogP contribution >= 0.6 is 11.6 Å². The van der Waals surface area contributed by atoms with E-state index >= 15 is 0 Å². The highest BCUT2D eigenvalue weighted by Crippen LogP contribution is 2.26. The number of hydrogen-bond donors (Lipinski definition) is 2. The highest BCUT2D eigenvalue weighted by Gasteiger charge is 2.21. The van der Waals surface area contributed by atoms with Crippen molar-refractivity contribution in [1.29, 1.82) is 0 Å². The number of nitrogens with zero attached hydrogens (tertiary/aromatic N) is 1. The Morgan fingerprint density at radius 1 is 1.27 bits per heavy atom. The summed E-state index contributed by atoms with van der Waals surface area (Å²) in [5, 5.41) is 13.1. The molecular weight excluding hydrogens is 300 g/mol. The largest absolute Gasteiger partial charge is 0.508 e. The molecule has 0 spiro atoms. The lowest BCUT2D eigenvalue weighted by molar-refractivity contribution is 0.206. The van der Waals surface area contributed by atoms with Crippen LogP contribution in [0.4, 0.5) is 10.5 Å². The van der Waals surface area contributed by atoms with Gasteiger partial charge in [0.2, 0.25) is 0 Å². The molecule has 0 aliphatic carbocycles. The summed E-state index contributed by atoms with van der Waals surface area (Å²) in [5.41, 5.74) is 3.75. The number of rotatable bonds is 1. The first-order valence-corrected chi connectivity index (χ1v) is 7.54. The standard InChI is InChI=1S/C17H17ClN2O2/c1-11-15(18)3-2-4-16(11)19-17(22)20-8-7-12-5-6-14(21)9-13(12)10-20/h2-6,9,21H,7-8,10H2,1H3,(H,19,22). The van der Waals surface area contributed by atoms with Gasteiger partial charge in [0.05, 0.1) is 0 Å². The van der Waals surface area contributed by atoms with E-state index in [1.807, 2.05) is 25.1 Å². The number of hydrogen-bond acceptors (Lipinski definition) is 2. The van der Waals surface area contributed by atoms with Crippen molar-refractivity contribution >= 4 is 23.3 Å². The number of aromatic hydroxyl groups is 1. The smallest absolute Gasteiger partial charge is 0.322 e. The van der Waals surface area contributed by atoms with Gasteiger partial charge in [0.1, 0.15) is 5.75 Å². The minimum absolute atomic E-state index is 0.153. The molecule has 0 radical (unpaired) electrons. The number of amides is 2. The summed E-state index contributed by atoms with van der Waals surface area (Å²) in [6.07, 6.45) is 0.789. The third-order valence-corrected chi connectivity index (χ3v) is 4.41. The molecule has 2 aromatic carbocycles. The highest BCUT2D eigenvalue weighted by atomic mass is 35.5. The highest BCUT2D eigenvalue weighted by molar-refractivity contribution is 6.31. The van der Waals surface area contributed by atoms with Crippen LogP contribution in [0.1, 0.15) is 16.7 Å². The summed E-state index contributed by atoms with van der Waals surface area (Å²) >= 11 is 6.07. The predicted molar refractivity (Wildman–Crippen MR) is 87.4 cm³/mol. The van der Waals surface area contributed by atoms with Crippen molar-refractivity contribution in [3.8, 4) is 5.75 Å². The van der Waals surface area contributed by atoms with Gasteiger partial charge >= 0.3 is 6.03 Å². The van der Waals surface area contributed by atoms with E-state index in [1.165, 1.54) is 5.56 Å². The number of anilines is 1. The van der Waals surface area contributed by atoms with E-state index in [-0.39, 0.29) is 11.8 Å². The molecular formula is C17H17ClN2O2. The molecule has 1 aliphatic heterocycles. The fraction of sp³-hybridized carbons (Fsp3) is 0.235. The summed E-state index contributed by atoms with van der Waals surface area (Å²) in [5.74, 6) is 0.228. The van der Waals surface area contributed by atoms with Crippen molar-refractivity contribution in [3.63, 3.8) is 0 Å². The van der Waals surface area contributed by atoms with Crippen molar-refractivity contribution in [1.82, 2.24) is 4.90 Å². The SMILES string of the molecule is Cc1c(Cl)cccc1NC(=O)N1CCc2ccc(O)cc2C1. The topological polar surface area (TPSA) is 52.6 Å². The van der Waals surface area contributed by atoms with Gasteiger partial charge in [-0.25, -0.2) is 4.79 Å². The van der Waals surface area contributed by atoms with Crippen molar-refractivity contribution in [2.24, 2.45) is 0 Å². The number of halogens is 1. The Morgan fingerprint density at radius 3 is 2.91 bits per heavy atom. The van der Waals surface area contributed by atoms with Gasteiger partial charge in [-0.2, -0.15) is 0 Å². The second-order valence-electron chi connectivity index (χ2n) is 5.47. The van der Waals surface area contributed by atoms with Crippen LogP contribution in [0.15, 0.2) is 36.4 Å². The Hall–Kier alpha value is -2.20. The number of phenols is 1. The molecule has 0 saturated carbocycles. The van der Waals surface area contributed by atoms with Crippen molar-refractivity contribution < 1.29 is 9.90 Å². The van der Waals surface area contributed by atoms with Gasteiger partial charge in [-0.1, -0.05) is 23.7 Å². The number of carbonyl (C=O) groups is 1. The van der Waals surface area contributed by atoms with Gasteiger partial charge in [-0.3, -0.25) is 0 Å². The fourth-order valence-corrected chi connectivity index (χ4v) is 2.83. The first-order chi connectivity index (χ1) is 10.5. The van der Waals surface area contributed by atoms with E-state index in [9.17, 15) is 9.90 Å². The molecule has 0 aromatic heterocycles. The van der Waals surface area contributed by atoms with E-state index in [0.717, 1.165) is 23.2 Å². The van der Waals surface area contributed by atoms with Crippen LogP contribution in [-0.2, 0) is 13.0 Å². The van der Waals surface area contributed by atoms with Crippen LogP contribution in [0, 0.1) is 6.92 Å². The number of benzene rings is 2. The monoisotopic (exact) mass is 316 g/mol. The summed E-state index contributed by atoms with van der Waals surface area (Å²) in [6, 6.07) is 10.6. The molecule has 1 aliphatic rings. The maximum atomic E-state index is 12.4. The second-order valence-corrected chi connectivity index (χ2v) is 5.87. The van der Waals surface area contributed by atoms with Crippen LogP contribution in [-0.4, -0.2) is 22.6 Å². The van der Waals surface area contributed by atoms with E-state index in [2.05, 4.69) is 5.32 Å². The van der Waals surface area contributed by atoms with Gasteiger partial charge in [-0.15, -0.1) is 0 Å². The molecule has 0 bridgehead atoms. The number of carbonyl (C=O) groups excluding carboxylic acids is 1.